The van der Waals surface area contributed by atoms with Gasteiger partial charge in [0.1, 0.15) is 0 Å². The molecule has 0 aliphatic rings. The minimum Gasteiger partial charge on any atom is -0.103 e. The summed E-state index contributed by atoms with van der Waals surface area (Å²) in [5.41, 5.74) is 0.823. The molecule has 0 radical (unpaired) electrons. The van der Waals surface area contributed by atoms with Gasteiger partial charge >= 0.3 is 0 Å². The molecule has 0 aromatic carbocycles. The van der Waals surface area contributed by atoms with Crippen LogP contribution in [0.4, 0.5) is 0 Å². The van der Waals surface area contributed by atoms with E-state index in [2.05, 4.69) is 65.4 Å². The van der Waals surface area contributed by atoms with Crippen molar-refractivity contribution in [2.45, 2.75) is 96.3 Å². The first-order chi connectivity index (χ1) is 9.58. The summed E-state index contributed by atoms with van der Waals surface area (Å²) in [4.78, 5) is 0. The van der Waals surface area contributed by atoms with E-state index >= 15 is 0 Å². The second-order valence-corrected chi connectivity index (χ2v) is 19.5. The van der Waals surface area contributed by atoms with Gasteiger partial charge in [-0.3, -0.25) is 0 Å². The summed E-state index contributed by atoms with van der Waals surface area (Å²) in [6.07, 6.45) is 12.6. The van der Waals surface area contributed by atoms with E-state index in [4.69, 9.17) is 0 Å². The quantitative estimate of drug-likeness (QED) is 0.219. The fourth-order valence-corrected chi connectivity index (χ4v) is 4.95. The van der Waals surface area contributed by atoms with Crippen LogP contribution < -0.4 is 0 Å². The van der Waals surface area contributed by atoms with E-state index in [9.17, 15) is 0 Å². The first-order valence-corrected chi connectivity index (χ1v) is 16.1. The second kappa shape index (κ2) is 12.5. The molecule has 0 N–H and O–H groups in total. The van der Waals surface area contributed by atoms with Crippen molar-refractivity contribution in [1.82, 2.24) is 0 Å². The van der Waals surface area contributed by atoms with Gasteiger partial charge in [-0.15, -0.1) is 13.2 Å². The summed E-state index contributed by atoms with van der Waals surface area (Å²) in [5, 5.41) is 0. The predicted octanol–water partition coefficient (Wildman–Crippen LogP) is 7.75. The number of hydrogen-bond donors (Lipinski definition) is 0. The van der Waals surface area contributed by atoms with E-state index < -0.39 is 16.1 Å². The fraction of sp³-hybridized carbons (Fsp3) is 0.789. The number of allylic oxidation sites excluding steroid dienone is 2. The molecule has 21 heavy (non-hydrogen) atoms. The summed E-state index contributed by atoms with van der Waals surface area (Å²) in [5.74, 6) is 0. The average Bonchev–Trinajstić information content (AvgIpc) is 2.31. The van der Waals surface area contributed by atoms with Crippen molar-refractivity contribution in [3.05, 3.63) is 25.3 Å². The zero-order chi connectivity index (χ0) is 16.9. The van der Waals surface area contributed by atoms with Gasteiger partial charge in [0.25, 0.3) is 0 Å². The molecule has 0 fully saturated rings. The van der Waals surface area contributed by atoms with Gasteiger partial charge in [0, 0.05) is 8.07 Å². The van der Waals surface area contributed by atoms with Crippen LogP contribution >= 0.6 is 0 Å². The van der Waals surface area contributed by atoms with Gasteiger partial charge in [0.15, 0.2) is 0 Å². The highest BCUT2D eigenvalue weighted by Gasteiger charge is 2.22. The molecule has 0 nitrogen and oxygen atoms in total. The Hall–Kier alpha value is -0.0862. The van der Waals surface area contributed by atoms with E-state index in [1.54, 1.807) is 0 Å². The SMILES string of the molecule is C=CC(CCCCCCC)[Si](C)(C)C.C=CC[Si](C)(C)C. The van der Waals surface area contributed by atoms with Gasteiger partial charge in [-0.25, -0.2) is 0 Å². The number of unbranched alkanes of at least 4 members (excludes halogenated alkanes) is 4. The van der Waals surface area contributed by atoms with E-state index in [1.807, 2.05) is 6.08 Å². The topological polar surface area (TPSA) is 0 Å². The molecule has 0 saturated carbocycles. The molecule has 0 aliphatic heterocycles. The van der Waals surface area contributed by atoms with Crippen LogP contribution in [-0.4, -0.2) is 16.1 Å². The van der Waals surface area contributed by atoms with Crippen LogP contribution in [-0.2, 0) is 0 Å². The first kappa shape index (κ1) is 23.2. The molecule has 1 atom stereocenters. The summed E-state index contributed by atoms with van der Waals surface area (Å²) in [7, 11) is -1.75. The number of rotatable bonds is 10. The van der Waals surface area contributed by atoms with Gasteiger partial charge in [0.05, 0.1) is 8.07 Å². The fourth-order valence-electron chi connectivity index (χ4n) is 2.31. The molecule has 0 aromatic heterocycles. The first-order valence-electron chi connectivity index (χ1n) is 8.82. The Morgan fingerprint density at radius 2 is 1.38 bits per heavy atom. The molecular formula is C19H42Si2. The van der Waals surface area contributed by atoms with Gasteiger partial charge in [0.2, 0.25) is 0 Å². The van der Waals surface area contributed by atoms with E-state index in [0.29, 0.717) is 0 Å². The van der Waals surface area contributed by atoms with Gasteiger partial charge in [-0.05, 0) is 18.0 Å². The van der Waals surface area contributed by atoms with Crippen LogP contribution in [0.25, 0.3) is 0 Å². The monoisotopic (exact) mass is 326 g/mol. The largest absolute Gasteiger partial charge is 0.103 e. The van der Waals surface area contributed by atoms with Crippen LogP contribution in [0.3, 0.4) is 0 Å². The standard InChI is InChI=1S/C13H28Si.C6H14Si/c1-6-8-9-10-11-12-13(7-2)14(3,4)5;1-5-6-7(2,3)4/h7,13H,2,6,8-12H2,1,3-5H3;5H,1,6H2,2-4H3. The maximum atomic E-state index is 3.98. The van der Waals surface area contributed by atoms with Crippen LogP contribution in [0.5, 0.6) is 0 Å². The highest BCUT2D eigenvalue weighted by molar-refractivity contribution is 6.78. The van der Waals surface area contributed by atoms with Crippen molar-refractivity contribution in [1.29, 1.82) is 0 Å². The third kappa shape index (κ3) is 17.9. The predicted molar refractivity (Wildman–Crippen MR) is 109 cm³/mol. The van der Waals surface area contributed by atoms with E-state index in [0.717, 1.165) is 5.54 Å². The zero-order valence-electron chi connectivity index (χ0n) is 16.1. The van der Waals surface area contributed by atoms with Crippen LogP contribution in [0, 0.1) is 0 Å². The normalized spacial score (nSPS) is 13.1. The van der Waals surface area contributed by atoms with Gasteiger partial charge in [-0.2, -0.15) is 0 Å². The molecule has 0 saturated heterocycles. The summed E-state index contributed by atoms with van der Waals surface area (Å²) >= 11 is 0. The third-order valence-corrected chi connectivity index (χ3v) is 8.03. The molecule has 0 bridgehead atoms. The Kier molecular flexibility index (Phi) is 13.8. The Morgan fingerprint density at radius 1 is 0.857 bits per heavy atom. The second-order valence-electron chi connectivity index (χ2n) is 8.46. The molecule has 0 rings (SSSR count). The molecule has 2 heteroatoms. The molecule has 0 spiro atoms. The highest BCUT2D eigenvalue weighted by Crippen LogP contribution is 2.28. The molecule has 0 aromatic rings. The zero-order valence-corrected chi connectivity index (χ0v) is 18.1. The van der Waals surface area contributed by atoms with Gasteiger partial charge < -0.3 is 0 Å². The van der Waals surface area contributed by atoms with E-state index in [-0.39, 0.29) is 0 Å². The molecule has 0 aliphatic carbocycles. The summed E-state index contributed by atoms with van der Waals surface area (Å²) < 4.78 is 0. The number of hydrogen-bond acceptors (Lipinski definition) is 0. The maximum Gasteiger partial charge on any atom is 0.0513 e. The Bertz CT molecular complexity index is 256. The van der Waals surface area contributed by atoms with Crippen molar-refractivity contribution in [3.63, 3.8) is 0 Å². The van der Waals surface area contributed by atoms with Crippen molar-refractivity contribution in [2.75, 3.05) is 0 Å². The minimum atomic E-state index is -0.973. The Balaban J connectivity index is 0. The Labute approximate surface area is 138 Å². The Morgan fingerprint density at radius 3 is 1.67 bits per heavy atom. The lowest BCUT2D eigenvalue weighted by Crippen LogP contribution is -2.26. The molecule has 126 valence electrons. The van der Waals surface area contributed by atoms with Crippen molar-refractivity contribution < 1.29 is 0 Å². The molecule has 1 unspecified atom stereocenters. The lowest BCUT2D eigenvalue weighted by Gasteiger charge is -2.25. The molecule has 0 amide bonds. The van der Waals surface area contributed by atoms with Crippen LogP contribution in [0.2, 0.25) is 50.9 Å². The van der Waals surface area contributed by atoms with Crippen molar-refractivity contribution in [3.8, 4) is 0 Å². The third-order valence-electron chi connectivity index (χ3n) is 3.77. The minimum absolute atomic E-state index is 0.775. The van der Waals surface area contributed by atoms with Crippen molar-refractivity contribution >= 4 is 16.1 Å². The lowest BCUT2D eigenvalue weighted by molar-refractivity contribution is 0.607. The van der Waals surface area contributed by atoms with Crippen molar-refractivity contribution in [2.24, 2.45) is 0 Å². The molecule has 0 heterocycles. The summed E-state index contributed by atoms with van der Waals surface area (Å²) in [6, 6.07) is 1.24. The lowest BCUT2D eigenvalue weighted by atomic mass is 10.1. The summed E-state index contributed by atoms with van der Waals surface area (Å²) in [6.45, 7) is 24.3. The van der Waals surface area contributed by atoms with E-state index in [1.165, 1.54) is 44.6 Å². The van der Waals surface area contributed by atoms with Gasteiger partial charge in [-0.1, -0.05) is 90.5 Å². The van der Waals surface area contributed by atoms with Crippen LogP contribution in [0.1, 0.15) is 45.4 Å². The smallest absolute Gasteiger partial charge is 0.0513 e. The van der Waals surface area contributed by atoms with Crippen LogP contribution in [0.15, 0.2) is 25.3 Å². The highest BCUT2D eigenvalue weighted by atomic mass is 28.3. The average molecular weight is 327 g/mol. The maximum absolute atomic E-state index is 3.98. The molecular weight excluding hydrogens is 284 g/mol.